The SMILES string of the molecule is Nc1cc(C(=O)OCC2Cc3ccccc32)ccc1Br. The molecule has 0 radical (unpaired) electrons. The minimum Gasteiger partial charge on any atom is -0.461 e. The molecule has 2 aromatic carbocycles. The van der Waals surface area contributed by atoms with E-state index in [9.17, 15) is 4.79 Å². The van der Waals surface area contributed by atoms with Gasteiger partial charge in [-0.25, -0.2) is 4.79 Å². The number of esters is 1. The largest absolute Gasteiger partial charge is 0.461 e. The molecule has 0 aromatic heterocycles. The highest BCUT2D eigenvalue weighted by atomic mass is 79.9. The molecule has 1 atom stereocenters. The van der Waals surface area contributed by atoms with E-state index in [1.165, 1.54) is 11.1 Å². The van der Waals surface area contributed by atoms with E-state index >= 15 is 0 Å². The standard InChI is InChI=1S/C16H14BrNO2/c17-14-6-5-11(8-15(14)18)16(19)20-9-12-7-10-3-1-2-4-13(10)12/h1-6,8,12H,7,9,18H2. The number of carbonyl (C=O) groups is 1. The van der Waals surface area contributed by atoms with E-state index in [1.807, 2.05) is 12.1 Å². The maximum Gasteiger partial charge on any atom is 0.338 e. The van der Waals surface area contributed by atoms with Crippen LogP contribution in [0.2, 0.25) is 0 Å². The number of fused-ring (bicyclic) bond motifs is 1. The smallest absolute Gasteiger partial charge is 0.338 e. The number of hydrogen-bond acceptors (Lipinski definition) is 3. The summed E-state index contributed by atoms with van der Waals surface area (Å²) in [6.45, 7) is 0.422. The molecular weight excluding hydrogens is 318 g/mol. The van der Waals surface area contributed by atoms with E-state index in [0.29, 0.717) is 23.8 Å². The highest BCUT2D eigenvalue weighted by molar-refractivity contribution is 9.10. The fraction of sp³-hybridized carbons (Fsp3) is 0.188. The third kappa shape index (κ3) is 2.43. The van der Waals surface area contributed by atoms with Crippen LogP contribution in [-0.2, 0) is 11.2 Å². The van der Waals surface area contributed by atoms with Gasteiger partial charge in [0.1, 0.15) is 0 Å². The van der Waals surface area contributed by atoms with Crippen molar-refractivity contribution in [2.24, 2.45) is 0 Å². The van der Waals surface area contributed by atoms with Crippen molar-refractivity contribution in [2.45, 2.75) is 12.3 Å². The number of nitrogens with two attached hydrogens (primary N) is 1. The molecule has 0 spiro atoms. The number of rotatable bonds is 3. The fourth-order valence-corrected chi connectivity index (χ4v) is 2.69. The van der Waals surface area contributed by atoms with Crippen LogP contribution in [0.1, 0.15) is 27.4 Å². The molecular formula is C16H14BrNO2. The molecule has 3 rings (SSSR count). The van der Waals surface area contributed by atoms with E-state index in [-0.39, 0.29) is 5.97 Å². The van der Waals surface area contributed by atoms with Crippen molar-refractivity contribution < 1.29 is 9.53 Å². The number of carbonyl (C=O) groups excluding carboxylic acids is 1. The molecule has 0 fully saturated rings. The molecule has 20 heavy (non-hydrogen) atoms. The Bertz CT molecular complexity index is 669. The summed E-state index contributed by atoms with van der Waals surface area (Å²) in [4.78, 5) is 12.0. The molecule has 0 saturated heterocycles. The average Bonchev–Trinajstić information content (AvgIpc) is 2.42. The molecule has 2 N–H and O–H groups in total. The topological polar surface area (TPSA) is 52.3 Å². The molecule has 102 valence electrons. The number of ether oxygens (including phenoxy) is 1. The van der Waals surface area contributed by atoms with Gasteiger partial charge in [-0.15, -0.1) is 0 Å². The van der Waals surface area contributed by atoms with Gasteiger partial charge in [0.05, 0.1) is 12.2 Å². The van der Waals surface area contributed by atoms with Crippen LogP contribution in [-0.4, -0.2) is 12.6 Å². The van der Waals surface area contributed by atoms with E-state index in [2.05, 4.69) is 28.1 Å². The first kappa shape index (κ1) is 13.2. The number of benzene rings is 2. The van der Waals surface area contributed by atoms with Crippen molar-refractivity contribution in [3.63, 3.8) is 0 Å². The molecule has 0 saturated carbocycles. The number of anilines is 1. The lowest BCUT2D eigenvalue weighted by atomic mass is 9.78. The van der Waals surface area contributed by atoms with Crippen molar-refractivity contribution in [3.8, 4) is 0 Å². The molecule has 1 unspecified atom stereocenters. The Morgan fingerprint density at radius 1 is 1.30 bits per heavy atom. The second-order valence-corrected chi connectivity index (χ2v) is 5.79. The number of hydrogen-bond donors (Lipinski definition) is 1. The fourth-order valence-electron chi connectivity index (χ4n) is 2.44. The summed E-state index contributed by atoms with van der Waals surface area (Å²) < 4.78 is 6.15. The maximum absolute atomic E-state index is 12.0. The summed E-state index contributed by atoms with van der Waals surface area (Å²) in [6, 6.07) is 13.3. The van der Waals surface area contributed by atoms with Crippen LogP contribution in [0.3, 0.4) is 0 Å². The maximum atomic E-state index is 12.0. The third-order valence-corrected chi connectivity index (χ3v) is 4.33. The Morgan fingerprint density at radius 3 is 2.85 bits per heavy atom. The van der Waals surface area contributed by atoms with Crippen LogP contribution in [0.4, 0.5) is 5.69 Å². The highest BCUT2D eigenvalue weighted by Gasteiger charge is 2.26. The predicted octanol–water partition coefficient (Wildman–Crippen LogP) is 3.53. The first-order chi connectivity index (χ1) is 9.65. The Labute approximate surface area is 125 Å². The molecule has 1 aliphatic carbocycles. The monoisotopic (exact) mass is 331 g/mol. The first-order valence-electron chi connectivity index (χ1n) is 6.45. The number of halogens is 1. The highest BCUT2D eigenvalue weighted by Crippen LogP contribution is 2.35. The van der Waals surface area contributed by atoms with Gasteiger partial charge in [0.2, 0.25) is 0 Å². The molecule has 4 heteroatoms. The minimum atomic E-state index is -0.325. The second kappa shape index (κ2) is 5.29. The van der Waals surface area contributed by atoms with E-state index in [1.54, 1.807) is 18.2 Å². The van der Waals surface area contributed by atoms with E-state index in [4.69, 9.17) is 10.5 Å². The van der Waals surface area contributed by atoms with Crippen molar-refractivity contribution >= 4 is 27.6 Å². The zero-order chi connectivity index (χ0) is 14.1. The Hall–Kier alpha value is -1.81. The van der Waals surface area contributed by atoms with Gasteiger partial charge in [0, 0.05) is 16.1 Å². The Balaban J connectivity index is 1.62. The van der Waals surface area contributed by atoms with Crippen molar-refractivity contribution in [3.05, 3.63) is 63.6 Å². The van der Waals surface area contributed by atoms with Crippen LogP contribution in [0, 0.1) is 0 Å². The van der Waals surface area contributed by atoms with Gasteiger partial charge in [-0.2, -0.15) is 0 Å². The lowest BCUT2D eigenvalue weighted by molar-refractivity contribution is 0.0469. The van der Waals surface area contributed by atoms with Gasteiger partial charge >= 0.3 is 5.97 Å². The lowest BCUT2D eigenvalue weighted by Crippen LogP contribution is -2.23. The van der Waals surface area contributed by atoms with Gasteiger partial charge in [0.25, 0.3) is 0 Å². The predicted molar refractivity (Wildman–Crippen MR) is 81.7 cm³/mol. The van der Waals surface area contributed by atoms with E-state index < -0.39 is 0 Å². The van der Waals surface area contributed by atoms with Gasteiger partial charge < -0.3 is 10.5 Å². The van der Waals surface area contributed by atoms with Crippen LogP contribution in [0.5, 0.6) is 0 Å². The molecule has 0 heterocycles. The first-order valence-corrected chi connectivity index (χ1v) is 7.24. The summed E-state index contributed by atoms with van der Waals surface area (Å²) in [5, 5.41) is 0. The quantitative estimate of drug-likeness (QED) is 0.691. The minimum absolute atomic E-state index is 0.322. The van der Waals surface area contributed by atoms with Crippen LogP contribution >= 0.6 is 15.9 Å². The Morgan fingerprint density at radius 2 is 2.10 bits per heavy atom. The summed E-state index contributed by atoms with van der Waals surface area (Å²) in [6.07, 6.45) is 0.978. The van der Waals surface area contributed by atoms with Crippen LogP contribution in [0.15, 0.2) is 46.9 Å². The van der Waals surface area contributed by atoms with Crippen molar-refractivity contribution in [1.82, 2.24) is 0 Å². The Kier molecular flexibility index (Phi) is 3.49. The van der Waals surface area contributed by atoms with Crippen LogP contribution in [0.25, 0.3) is 0 Å². The normalized spacial score (nSPS) is 16.1. The zero-order valence-electron chi connectivity index (χ0n) is 10.8. The summed E-state index contributed by atoms with van der Waals surface area (Å²) in [5.74, 6) is -0.00322. The zero-order valence-corrected chi connectivity index (χ0v) is 12.4. The molecule has 0 amide bonds. The van der Waals surface area contributed by atoms with E-state index in [0.717, 1.165) is 10.9 Å². The lowest BCUT2D eigenvalue weighted by Gasteiger charge is -2.29. The average molecular weight is 332 g/mol. The molecule has 0 bridgehead atoms. The molecule has 2 aromatic rings. The summed E-state index contributed by atoms with van der Waals surface area (Å²) in [7, 11) is 0. The summed E-state index contributed by atoms with van der Waals surface area (Å²) >= 11 is 3.30. The van der Waals surface area contributed by atoms with Gasteiger partial charge in [-0.1, -0.05) is 24.3 Å². The summed E-state index contributed by atoms with van der Waals surface area (Å²) in [5.41, 5.74) is 9.42. The van der Waals surface area contributed by atoms with Gasteiger partial charge in [-0.05, 0) is 51.7 Å². The van der Waals surface area contributed by atoms with Crippen molar-refractivity contribution in [2.75, 3.05) is 12.3 Å². The molecule has 3 nitrogen and oxygen atoms in total. The third-order valence-electron chi connectivity index (χ3n) is 3.61. The van der Waals surface area contributed by atoms with Crippen molar-refractivity contribution in [1.29, 1.82) is 0 Å². The molecule has 1 aliphatic rings. The van der Waals surface area contributed by atoms with Crippen LogP contribution < -0.4 is 5.73 Å². The second-order valence-electron chi connectivity index (χ2n) is 4.93. The number of nitrogen functional groups attached to an aromatic ring is 1. The molecule has 0 aliphatic heterocycles. The van der Waals surface area contributed by atoms with Gasteiger partial charge in [0.15, 0.2) is 0 Å². The van der Waals surface area contributed by atoms with Gasteiger partial charge in [-0.3, -0.25) is 0 Å².